The van der Waals surface area contributed by atoms with Gasteiger partial charge >= 0.3 is 5.97 Å². The molecule has 0 saturated carbocycles. The van der Waals surface area contributed by atoms with Crippen molar-refractivity contribution in [3.05, 3.63) is 62.9 Å². The van der Waals surface area contributed by atoms with Crippen LogP contribution in [0.15, 0.2) is 35.1 Å². The predicted molar refractivity (Wildman–Crippen MR) is 135 cm³/mol. The average Bonchev–Trinajstić information content (AvgIpc) is 3.16. The van der Waals surface area contributed by atoms with Gasteiger partial charge in [0, 0.05) is 23.1 Å². The van der Waals surface area contributed by atoms with E-state index in [-0.39, 0.29) is 12.2 Å². The number of para-hydroxylation sites is 1. The van der Waals surface area contributed by atoms with Gasteiger partial charge in [-0.05, 0) is 65.4 Å². The number of carbonyl (C=O) groups is 1. The van der Waals surface area contributed by atoms with Gasteiger partial charge in [0.2, 0.25) is 0 Å². The van der Waals surface area contributed by atoms with Crippen LogP contribution in [0.5, 0.6) is 0 Å². The maximum Gasteiger partial charge on any atom is 0.343 e. The molecular formula is C28H33N3O4. The number of rotatable bonds is 5. The molecule has 0 bridgehead atoms. The lowest BCUT2D eigenvalue weighted by Gasteiger charge is -2.40. The highest BCUT2D eigenvalue weighted by atomic mass is 16.6. The van der Waals surface area contributed by atoms with Crippen LogP contribution in [0.2, 0.25) is 0 Å². The molecule has 7 nitrogen and oxygen atoms in total. The fourth-order valence-electron chi connectivity index (χ4n) is 5.41. The quantitative estimate of drug-likeness (QED) is 0.406. The molecule has 7 heteroatoms. The average molecular weight is 476 g/mol. The Bertz CT molecular complexity index is 1400. The van der Waals surface area contributed by atoms with Gasteiger partial charge in [-0.1, -0.05) is 25.1 Å². The first-order valence-electron chi connectivity index (χ1n) is 12.3. The molecule has 2 aliphatic rings. The lowest BCUT2D eigenvalue weighted by molar-refractivity contribution is -0.200. The lowest BCUT2D eigenvalue weighted by Crippen LogP contribution is -2.49. The predicted octanol–water partition coefficient (Wildman–Crippen LogP) is 4.01. The maximum atomic E-state index is 13.8. The highest BCUT2D eigenvalue weighted by molar-refractivity contribution is 5.89. The van der Waals surface area contributed by atoms with E-state index in [0.717, 1.165) is 40.8 Å². The van der Waals surface area contributed by atoms with E-state index in [9.17, 15) is 9.59 Å². The third-order valence-corrected chi connectivity index (χ3v) is 6.97. The summed E-state index contributed by atoms with van der Waals surface area (Å²) in [6.45, 7) is 8.94. The molecule has 0 unspecified atom stereocenters. The van der Waals surface area contributed by atoms with Crippen molar-refractivity contribution in [1.82, 2.24) is 14.5 Å². The summed E-state index contributed by atoms with van der Waals surface area (Å²) in [5, 5.41) is 1.12. The zero-order chi connectivity index (χ0) is 25.1. The largest absolute Gasteiger partial charge is 0.458 e. The van der Waals surface area contributed by atoms with E-state index in [1.165, 1.54) is 5.56 Å². The number of hydrogen-bond acceptors (Lipinski definition) is 6. The van der Waals surface area contributed by atoms with E-state index in [1.807, 2.05) is 52.0 Å². The summed E-state index contributed by atoms with van der Waals surface area (Å²) in [4.78, 5) is 34.1. The SMILES string of the molecule is CC[C@@]1(OC(C)(C)C)C(=O)OCc2c1cc1n(c2=O)Cc2c-1nc1ccccc1c2CCN(C)C. The van der Waals surface area contributed by atoms with E-state index in [4.69, 9.17) is 14.5 Å². The fraction of sp³-hybridized carbons (Fsp3) is 0.464. The number of aromatic nitrogens is 2. The molecule has 184 valence electrons. The summed E-state index contributed by atoms with van der Waals surface area (Å²) in [5.74, 6) is -0.442. The minimum absolute atomic E-state index is 0.0399. The Morgan fingerprint density at radius 3 is 2.60 bits per heavy atom. The van der Waals surface area contributed by atoms with Gasteiger partial charge in [-0.2, -0.15) is 0 Å². The van der Waals surface area contributed by atoms with Crippen LogP contribution in [0.1, 0.15) is 56.4 Å². The van der Waals surface area contributed by atoms with Gasteiger partial charge in [-0.3, -0.25) is 4.79 Å². The smallest absolute Gasteiger partial charge is 0.343 e. The van der Waals surface area contributed by atoms with E-state index in [2.05, 4.69) is 25.1 Å². The van der Waals surface area contributed by atoms with Crippen LogP contribution >= 0.6 is 0 Å². The Morgan fingerprint density at radius 1 is 1.17 bits per heavy atom. The van der Waals surface area contributed by atoms with Crippen molar-refractivity contribution in [3.8, 4) is 11.4 Å². The number of benzene rings is 1. The Kier molecular flexibility index (Phi) is 5.61. The fourth-order valence-corrected chi connectivity index (χ4v) is 5.41. The van der Waals surface area contributed by atoms with Crippen LogP contribution in [-0.2, 0) is 39.4 Å². The van der Waals surface area contributed by atoms with Gasteiger partial charge in [-0.25, -0.2) is 9.78 Å². The molecule has 0 fully saturated rings. The highest BCUT2D eigenvalue weighted by Gasteiger charge is 2.50. The van der Waals surface area contributed by atoms with Crippen LogP contribution < -0.4 is 5.56 Å². The summed E-state index contributed by atoms with van der Waals surface area (Å²) in [6.07, 6.45) is 1.22. The second kappa shape index (κ2) is 8.28. The number of likely N-dealkylation sites (N-methyl/N-ethyl adjacent to an activating group) is 1. The first-order valence-corrected chi connectivity index (χ1v) is 12.3. The summed E-state index contributed by atoms with van der Waals surface area (Å²) in [5.41, 5.74) is 3.80. The van der Waals surface area contributed by atoms with Gasteiger partial charge in [0.15, 0.2) is 5.60 Å². The van der Waals surface area contributed by atoms with Crippen LogP contribution in [0, 0.1) is 0 Å². The monoisotopic (exact) mass is 475 g/mol. The van der Waals surface area contributed by atoms with E-state index < -0.39 is 17.2 Å². The van der Waals surface area contributed by atoms with Crippen molar-refractivity contribution in [1.29, 1.82) is 0 Å². The van der Waals surface area contributed by atoms with Gasteiger partial charge in [0.1, 0.15) is 6.61 Å². The minimum atomic E-state index is -1.33. The molecule has 0 saturated heterocycles. The minimum Gasteiger partial charge on any atom is -0.458 e. The Balaban J connectivity index is 1.77. The number of ether oxygens (including phenoxy) is 2. The van der Waals surface area contributed by atoms with Crippen LogP contribution in [0.25, 0.3) is 22.3 Å². The Labute approximate surface area is 205 Å². The second-order valence-corrected chi connectivity index (χ2v) is 10.8. The van der Waals surface area contributed by atoms with Crippen molar-refractivity contribution in [3.63, 3.8) is 0 Å². The van der Waals surface area contributed by atoms with Gasteiger partial charge < -0.3 is 18.9 Å². The van der Waals surface area contributed by atoms with Crippen molar-refractivity contribution in [2.45, 2.75) is 64.9 Å². The molecular weight excluding hydrogens is 442 g/mol. The number of hydrogen-bond donors (Lipinski definition) is 0. The van der Waals surface area contributed by atoms with Gasteiger partial charge in [-0.15, -0.1) is 0 Å². The number of nitrogens with zero attached hydrogens (tertiary/aromatic N) is 3. The molecule has 0 spiro atoms. The third-order valence-electron chi connectivity index (χ3n) is 6.97. The zero-order valence-corrected chi connectivity index (χ0v) is 21.4. The summed E-state index contributed by atoms with van der Waals surface area (Å²) in [6, 6.07) is 10.1. The number of carbonyl (C=O) groups excluding carboxylic acids is 1. The van der Waals surface area contributed by atoms with E-state index in [0.29, 0.717) is 24.1 Å². The molecule has 3 aromatic rings. The molecule has 0 aliphatic carbocycles. The van der Waals surface area contributed by atoms with Gasteiger partial charge in [0.05, 0.1) is 34.6 Å². The molecule has 35 heavy (non-hydrogen) atoms. The Morgan fingerprint density at radius 2 is 1.91 bits per heavy atom. The molecule has 0 radical (unpaired) electrons. The highest BCUT2D eigenvalue weighted by Crippen LogP contribution is 2.43. The number of pyridine rings is 2. The number of fused-ring (bicyclic) bond motifs is 5. The maximum absolute atomic E-state index is 13.8. The molecule has 0 N–H and O–H groups in total. The van der Waals surface area contributed by atoms with Crippen LogP contribution in [0.4, 0.5) is 0 Å². The van der Waals surface area contributed by atoms with Crippen molar-refractivity contribution in [2.75, 3.05) is 20.6 Å². The Hall–Kier alpha value is -3.03. The third kappa shape index (κ3) is 3.78. The molecule has 5 rings (SSSR count). The van der Waals surface area contributed by atoms with Gasteiger partial charge in [0.25, 0.3) is 5.56 Å². The van der Waals surface area contributed by atoms with E-state index >= 15 is 0 Å². The molecule has 0 amide bonds. The van der Waals surface area contributed by atoms with E-state index in [1.54, 1.807) is 4.57 Å². The standard InChI is InChI=1S/C28H33N3O4/c1-7-28(35-27(2,3)4)21-14-23-24-19(15-31(23)25(32)20(21)16-34-26(28)33)17(12-13-30(5)6)18-10-8-9-11-22(18)29-24/h8-11,14H,7,12-13,15-16H2,1-6H3/t28-/m0/s1. The summed E-state index contributed by atoms with van der Waals surface area (Å²) >= 11 is 0. The lowest BCUT2D eigenvalue weighted by atomic mass is 9.84. The number of cyclic esters (lactones) is 1. The normalized spacial score (nSPS) is 19.0. The first-order chi connectivity index (χ1) is 16.6. The molecule has 4 heterocycles. The first kappa shape index (κ1) is 23.7. The number of esters is 1. The molecule has 1 aromatic carbocycles. The van der Waals surface area contributed by atoms with Crippen molar-refractivity contribution < 1.29 is 14.3 Å². The molecule has 1 atom stereocenters. The molecule has 2 aromatic heterocycles. The van der Waals surface area contributed by atoms with Crippen LogP contribution in [0.3, 0.4) is 0 Å². The molecule has 2 aliphatic heterocycles. The van der Waals surface area contributed by atoms with Crippen LogP contribution in [-0.4, -0.2) is 46.7 Å². The summed E-state index contributed by atoms with van der Waals surface area (Å²) < 4.78 is 13.7. The summed E-state index contributed by atoms with van der Waals surface area (Å²) in [7, 11) is 4.13. The van der Waals surface area contributed by atoms with Crippen molar-refractivity contribution >= 4 is 16.9 Å². The topological polar surface area (TPSA) is 73.7 Å². The zero-order valence-electron chi connectivity index (χ0n) is 21.4. The van der Waals surface area contributed by atoms with Crippen molar-refractivity contribution in [2.24, 2.45) is 0 Å². The second-order valence-electron chi connectivity index (χ2n) is 10.8.